The Balaban J connectivity index is 2.04. The Labute approximate surface area is 122 Å². The van der Waals surface area contributed by atoms with Gasteiger partial charge in [-0.25, -0.2) is 14.8 Å². The predicted molar refractivity (Wildman–Crippen MR) is 77.1 cm³/mol. The summed E-state index contributed by atoms with van der Waals surface area (Å²) < 4.78 is 14.6. The number of hydrogen-bond donors (Lipinski definition) is 1. The smallest absolute Gasteiger partial charge is 0.322 e. The molecular weight excluding hydrogens is 273 g/mol. The number of nitrogens with one attached hydrogen (secondary N) is 1. The zero-order valence-corrected chi connectivity index (χ0v) is 12.1. The van der Waals surface area contributed by atoms with Crippen molar-refractivity contribution in [3.8, 4) is 0 Å². The highest BCUT2D eigenvalue weighted by Crippen LogP contribution is 2.09. The van der Waals surface area contributed by atoms with E-state index < -0.39 is 5.95 Å². The molecule has 2 amide bonds. The third-order valence-electron chi connectivity index (χ3n) is 3.01. The maximum absolute atomic E-state index is 12.8. The van der Waals surface area contributed by atoms with Gasteiger partial charge in [0.05, 0.1) is 18.4 Å². The van der Waals surface area contributed by atoms with Gasteiger partial charge in [-0.3, -0.25) is 0 Å². The summed E-state index contributed by atoms with van der Waals surface area (Å²) in [5, 5.41) is 2.71. The van der Waals surface area contributed by atoms with Gasteiger partial charge in [-0.15, -0.1) is 0 Å². The first-order valence-electron chi connectivity index (χ1n) is 6.74. The minimum atomic E-state index is -0.577. The van der Waals surface area contributed by atoms with Crippen LogP contribution in [0.2, 0.25) is 0 Å². The van der Waals surface area contributed by atoms with Crippen molar-refractivity contribution in [3.05, 3.63) is 42.5 Å². The van der Waals surface area contributed by atoms with Crippen LogP contribution in [0.25, 0.3) is 0 Å². The Morgan fingerprint density at radius 3 is 2.81 bits per heavy atom. The lowest BCUT2D eigenvalue weighted by Gasteiger charge is -2.22. The van der Waals surface area contributed by atoms with E-state index in [1.54, 1.807) is 11.1 Å². The average molecular weight is 291 g/mol. The number of imidazole rings is 1. The van der Waals surface area contributed by atoms with Gasteiger partial charge < -0.3 is 14.8 Å². The molecule has 0 aliphatic carbocycles. The van der Waals surface area contributed by atoms with Crippen LogP contribution in [0.5, 0.6) is 0 Å². The first-order chi connectivity index (χ1) is 10.1. The van der Waals surface area contributed by atoms with Crippen molar-refractivity contribution in [3.63, 3.8) is 0 Å². The second-order valence-electron chi connectivity index (χ2n) is 4.68. The van der Waals surface area contributed by atoms with Crippen LogP contribution < -0.4 is 5.32 Å². The van der Waals surface area contributed by atoms with Gasteiger partial charge in [-0.05, 0) is 18.6 Å². The van der Waals surface area contributed by atoms with Crippen LogP contribution in [-0.4, -0.2) is 32.0 Å². The van der Waals surface area contributed by atoms with Crippen LogP contribution in [0.4, 0.5) is 14.9 Å². The minimum Gasteiger partial charge on any atom is -0.337 e. The van der Waals surface area contributed by atoms with Gasteiger partial charge in [0.15, 0.2) is 0 Å². The molecule has 0 aromatic carbocycles. The molecule has 0 fully saturated rings. The number of hydrogen-bond acceptors (Lipinski definition) is 3. The Hall–Kier alpha value is -2.44. The molecule has 2 heterocycles. The number of halogens is 1. The summed E-state index contributed by atoms with van der Waals surface area (Å²) in [5.41, 5.74) is 0.461. The molecule has 0 saturated carbocycles. The van der Waals surface area contributed by atoms with Gasteiger partial charge >= 0.3 is 6.03 Å². The first kappa shape index (κ1) is 15.0. The molecular formula is C14H18FN5O. The van der Waals surface area contributed by atoms with Gasteiger partial charge in [0, 0.05) is 26.0 Å². The van der Waals surface area contributed by atoms with Crippen LogP contribution in [0.1, 0.15) is 19.2 Å². The fourth-order valence-corrected chi connectivity index (χ4v) is 1.89. The molecule has 0 aliphatic heterocycles. The minimum absolute atomic E-state index is 0.256. The van der Waals surface area contributed by atoms with Crippen LogP contribution in [0.15, 0.2) is 30.7 Å². The van der Waals surface area contributed by atoms with E-state index in [9.17, 15) is 9.18 Å². The standard InChI is InChI=1S/C14H18FN5O/c1-3-7-20(10-13-16-6-8-19(13)2)14(21)18-11-4-5-12(15)17-9-11/h4-6,8-9H,3,7,10H2,1-2H3,(H,18,21). The molecule has 0 saturated heterocycles. The van der Waals surface area contributed by atoms with Gasteiger partial charge in [-0.1, -0.05) is 6.92 Å². The monoisotopic (exact) mass is 291 g/mol. The molecule has 0 bridgehead atoms. The summed E-state index contributed by atoms with van der Waals surface area (Å²) in [4.78, 5) is 21.7. The molecule has 0 unspecified atom stereocenters. The molecule has 0 atom stereocenters. The lowest BCUT2D eigenvalue weighted by Crippen LogP contribution is -2.35. The molecule has 2 aromatic rings. The molecule has 21 heavy (non-hydrogen) atoms. The van der Waals surface area contributed by atoms with Gasteiger partial charge in [0.25, 0.3) is 0 Å². The predicted octanol–water partition coefficient (Wildman–Crippen LogP) is 2.40. The highest BCUT2D eigenvalue weighted by atomic mass is 19.1. The molecule has 2 aromatic heterocycles. The molecule has 1 N–H and O–H groups in total. The quantitative estimate of drug-likeness (QED) is 0.860. The van der Waals surface area contributed by atoms with Crippen LogP contribution >= 0.6 is 0 Å². The van der Waals surface area contributed by atoms with Crippen molar-refractivity contribution in [1.82, 2.24) is 19.4 Å². The summed E-state index contributed by atoms with van der Waals surface area (Å²) in [5.74, 6) is 0.224. The zero-order chi connectivity index (χ0) is 15.2. The number of anilines is 1. The lowest BCUT2D eigenvalue weighted by molar-refractivity contribution is 0.207. The fraction of sp³-hybridized carbons (Fsp3) is 0.357. The maximum atomic E-state index is 12.8. The number of pyridine rings is 1. The van der Waals surface area contributed by atoms with Crippen LogP contribution in [0.3, 0.4) is 0 Å². The van der Waals surface area contributed by atoms with Crippen LogP contribution in [0, 0.1) is 5.95 Å². The van der Waals surface area contributed by atoms with E-state index in [1.807, 2.05) is 24.7 Å². The summed E-state index contributed by atoms with van der Waals surface area (Å²) in [6.45, 7) is 3.02. The topological polar surface area (TPSA) is 63.1 Å². The van der Waals surface area contributed by atoms with E-state index in [2.05, 4.69) is 15.3 Å². The van der Waals surface area contributed by atoms with Crippen molar-refractivity contribution in [2.75, 3.05) is 11.9 Å². The maximum Gasteiger partial charge on any atom is 0.322 e. The van der Waals surface area contributed by atoms with Crippen molar-refractivity contribution < 1.29 is 9.18 Å². The van der Waals surface area contributed by atoms with Crippen molar-refractivity contribution in [2.24, 2.45) is 7.05 Å². The number of rotatable bonds is 5. The third-order valence-corrected chi connectivity index (χ3v) is 3.01. The lowest BCUT2D eigenvalue weighted by atomic mass is 10.4. The van der Waals surface area contributed by atoms with E-state index in [1.165, 1.54) is 18.3 Å². The number of nitrogens with zero attached hydrogens (tertiary/aromatic N) is 4. The van der Waals surface area contributed by atoms with Crippen molar-refractivity contribution in [2.45, 2.75) is 19.9 Å². The van der Waals surface area contributed by atoms with E-state index >= 15 is 0 Å². The number of urea groups is 1. The second kappa shape index (κ2) is 6.83. The van der Waals surface area contributed by atoms with Crippen molar-refractivity contribution >= 4 is 11.7 Å². The summed E-state index contributed by atoms with van der Waals surface area (Å²) in [6.07, 6.45) is 5.65. The largest absolute Gasteiger partial charge is 0.337 e. The average Bonchev–Trinajstić information content (AvgIpc) is 2.86. The normalized spacial score (nSPS) is 10.4. The first-order valence-corrected chi connectivity index (χ1v) is 6.74. The Kier molecular flexibility index (Phi) is 4.86. The number of amides is 2. The molecule has 0 spiro atoms. The number of carbonyl (C=O) groups is 1. The fourth-order valence-electron chi connectivity index (χ4n) is 1.89. The summed E-state index contributed by atoms with van der Waals surface area (Å²) in [7, 11) is 1.88. The molecule has 7 heteroatoms. The number of aromatic nitrogens is 3. The number of aryl methyl sites for hydroxylation is 1. The van der Waals surface area contributed by atoms with Crippen molar-refractivity contribution in [1.29, 1.82) is 0 Å². The Morgan fingerprint density at radius 2 is 2.24 bits per heavy atom. The summed E-state index contributed by atoms with van der Waals surface area (Å²) >= 11 is 0. The third kappa shape index (κ3) is 4.01. The molecule has 6 nitrogen and oxygen atoms in total. The SMILES string of the molecule is CCCN(Cc1nccn1C)C(=O)Nc1ccc(F)nc1. The molecule has 0 aliphatic rings. The van der Waals surface area contributed by atoms with E-state index in [0.29, 0.717) is 18.8 Å². The Morgan fingerprint density at radius 1 is 1.43 bits per heavy atom. The van der Waals surface area contributed by atoms with Gasteiger partial charge in [0.1, 0.15) is 5.82 Å². The Bertz CT molecular complexity index is 596. The van der Waals surface area contributed by atoms with Gasteiger partial charge in [0.2, 0.25) is 5.95 Å². The highest BCUT2D eigenvalue weighted by Gasteiger charge is 2.15. The molecule has 112 valence electrons. The van der Waals surface area contributed by atoms with E-state index in [4.69, 9.17) is 0 Å². The van der Waals surface area contributed by atoms with Gasteiger partial charge in [-0.2, -0.15) is 4.39 Å². The summed E-state index contributed by atoms with van der Waals surface area (Å²) in [6, 6.07) is 2.43. The second-order valence-corrected chi connectivity index (χ2v) is 4.68. The van der Waals surface area contributed by atoms with E-state index in [-0.39, 0.29) is 6.03 Å². The molecule has 2 rings (SSSR count). The van der Waals surface area contributed by atoms with Crippen LogP contribution in [-0.2, 0) is 13.6 Å². The number of carbonyl (C=O) groups excluding carboxylic acids is 1. The molecule has 0 radical (unpaired) electrons. The van der Waals surface area contributed by atoms with E-state index in [0.717, 1.165) is 12.2 Å². The highest BCUT2D eigenvalue weighted by molar-refractivity contribution is 5.89. The zero-order valence-electron chi connectivity index (χ0n) is 12.1.